The second-order valence-electron chi connectivity index (χ2n) is 9.16. The number of aliphatic hydroxyl groups is 1. The predicted molar refractivity (Wildman–Crippen MR) is 129 cm³/mol. The Morgan fingerprint density at radius 1 is 0.971 bits per heavy atom. The molecule has 182 valence electrons. The normalized spacial score (nSPS) is 18.9. The first-order valence-corrected chi connectivity index (χ1v) is 12.2. The van der Waals surface area contributed by atoms with Gasteiger partial charge in [-0.3, -0.25) is 4.79 Å². The number of amides is 2. The van der Waals surface area contributed by atoms with Crippen molar-refractivity contribution in [3.05, 3.63) is 64.7 Å². The highest BCUT2D eigenvalue weighted by atomic mass is 35.5. The van der Waals surface area contributed by atoms with E-state index in [0.717, 1.165) is 24.8 Å². The smallest absolute Gasteiger partial charge is 0.407 e. The Labute approximate surface area is 204 Å². The molecule has 2 N–H and O–H groups in total. The molecule has 4 rings (SSSR count). The molecule has 7 nitrogen and oxygen atoms in total. The van der Waals surface area contributed by atoms with Gasteiger partial charge < -0.3 is 24.7 Å². The second-order valence-corrected chi connectivity index (χ2v) is 9.56. The van der Waals surface area contributed by atoms with Crippen molar-refractivity contribution >= 4 is 23.6 Å². The molecule has 2 aromatic carbocycles. The third kappa shape index (κ3) is 5.47. The van der Waals surface area contributed by atoms with Gasteiger partial charge in [0.05, 0.1) is 16.5 Å². The molecule has 0 radical (unpaired) electrons. The van der Waals surface area contributed by atoms with Crippen LogP contribution in [0.1, 0.15) is 49.1 Å². The van der Waals surface area contributed by atoms with Gasteiger partial charge in [0, 0.05) is 26.2 Å². The number of carbonyl (C=O) groups excluding carboxylic acids is 1. The number of rotatable bonds is 6. The standard InChI is InChI=1S/C26H31ClN2O5/c27-21-17-20(9-10-22(21)34-18-19-7-3-1-4-8-19)23(26(33)11-5-2-6-12-26)24(30)28-13-15-29(16-14-28)25(31)32/h1,3-4,7-10,17,23,33H,2,5-6,11-16,18H2,(H,31,32)/t23-/m1/s1. The Morgan fingerprint density at radius 2 is 1.62 bits per heavy atom. The molecular weight excluding hydrogens is 456 g/mol. The molecule has 34 heavy (non-hydrogen) atoms. The van der Waals surface area contributed by atoms with Crippen LogP contribution in [-0.4, -0.2) is 63.8 Å². The molecule has 1 aliphatic heterocycles. The number of carboxylic acid groups (broad SMARTS) is 1. The van der Waals surface area contributed by atoms with Crippen molar-refractivity contribution in [1.82, 2.24) is 9.80 Å². The fraction of sp³-hybridized carbons (Fsp3) is 0.462. The molecule has 1 heterocycles. The van der Waals surface area contributed by atoms with E-state index >= 15 is 0 Å². The zero-order valence-corrected chi connectivity index (χ0v) is 19.9. The number of hydrogen-bond donors (Lipinski definition) is 2. The summed E-state index contributed by atoms with van der Waals surface area (Å²) < 4.78 is 5.89. The number of halogens is 1. The summed E-state index contributed by atoms with van der Waals surface area (Å²) in [5.41, 5.74) is 0.523. The number of piperazine rings is 1. The van der Waals surface area contributed by atoms with E-state index in [0.29, 0.717) is 48.9 Å². The van der Waals surface area contributed by atoms with Gasteiger partial charge in [0.25, 0.3) is 0 Å². The quantitative estimate of drug-likeness (QED) is 0.626. The van der Waals surface area contributed by atoms with E-state index in [1.165, 1.54) is 4.90 Å². The number of hydrogen-bond acceptors (Lipinski definition) is 4. The molecule has 2 amide bonds. The third-order valence-electron chi connectivity index (χ3n) is 6.89. The summed E-state index contributed by atoms with van der Waals surface area (Å²) >= 11 is 6.56. The van der Waals surface area contributed by atoms with Crippen LogP contribution in [0.4, 0.5) is 4.79 Å². The fourth-order valence-corrected chi connectivity index (χ4v) is 5.23. The van der Waals surface area contributed by atoms with Crippen molar-refractivity contribution in [1.29, 1.82) is 0 Å². The summed E-state index contributed by atoms with van der Waals surface area (Å²) in [5, 5.41) is 21.2. The highest BCUT2D eigenvalue weighted by molar-refractivity contribution is 6.32. The first kappa shape index (κ1) is 24.4. The number of benzene rings is 2. The fourth-order valence-electron chi connectivity index (χ4n) is 4.99. The Balaban J connectivity index is 1.56. The summed E-state index contributed by atoms with van der Waals surface area (Å²) in [7, 11) is 0. The topological polar surface area (TPSA) is 90.3 Å². The van der Waals surface area contributed by atoms with Crippen molar-refractivity contribution in [2.24, 2.45) is 0 Å². The second kappa shape index (κ2) is 10.7. The van der Waals surface area contributed by atoms with Crippen molar-refractivity contribution in [2.75, 3.05) is 26.2 Å². The molecule has 2 aromatic rings. The Morgan fingerprint density at radius 3 is 2.24 bits per heavy atom. The third-order valence-corrected chi connectivity index (χ3v) is 7.19. The molecule has 0 bridgehead atoms. The highest BCUT2D eigenvalue weighted by Crippen LogP contribution is 2.42. The van der Waals surface area contributed by atoms with E-state index in [9.17, 15) is 19.8 Å². The van der Waals surface area contributed by atoms with Gasteiger partial charge in [0.2, 0.25) is 5.91 Å². The van der Waals surface area contributed by atoms with Crippen molar-refractivity contribution in [2.45, 2.75) is 50.2 Å². The molecule has 1 aliphatic carbocycles. The molecule has 0 spiro atoms. The largest absolute Gasteiger partial charge is 0.487 e. The van der Waals surface area contributed by atoms with Gasteiger partial charge in [-0.2, -0.15) is 0 Å². The summed E-state index contributed by atoms with van der Waals surface area (Å²) in [4.78, 5) is 27.9. The average molecular weight is 487 g/mol. The lowest BCUT2D eigenvalue weighted by molar-refractivity contribution is -0.143. The molecular formula is C26H31ClN2O5. The minimum Gasteiger partial charge on any atom is -0.487 e. The summed E-state index contributed by atoms with van der Waals surface area (Å²) in [6, 6.07) is 15.1. The van der Waals surface area contributed by atoms with Crippen LogP contribution in [0.5, 0.6) is 5.75 Å². The zero-order valence-electron chi connectivity index (χ0n) is 19.2. The van der Waals surface area contributed by atoms with E-state index < -0.39 is 17.6 Å². The molecule has 8 heteroatoms. The van der Waals surface area contributed by atoms with E-state index in [4.69, 9.17) is 16.3 Å². The van der Waals surface area contributed by atoms with Crippen LogP contribution >= 0.6 is 11.6 Å². The number of carbonyl (C=O) groups is 2. The van der Waals surface area contributed by atoms with Crippen LogP contribution in [-0.2, 0) is 11.4 Å². The lowest BCUT2D eigenvalue weighted by Crippen LogP contribution is -2.54. The summed E-state index contributed by atoms with van der Waals surface area (Å²) in [6.45, 7) is 1.52. The first-order chi connectivity index (χ1) is 16.4. The van der Waals surface area contributed by atoms with Crippen LogP contribution in [0.15, 0.2) is 48.5 Å². The molecule has 1 saturated carbocycles. The maximum absolute atomic E-state index is 13.7. The number of nitrogens with zero attached hydrogens (tertiary/aromatic N) is 2. The van der Waals surface area contributed by atoms with Crippen molar-refractivity contribution in [3.8, 4) is 5.75 Å². The zero-order chi connectivity index (χ0) is 24.1. The lowest BCUT2D eigenvalue weighted by Gasteiger charge is -2.42. The van der Waals surface area contributed by atoms with Gasteiger partial charge in [-0.1, -0.05) is 67.3 Å². The van der Waals surface area contributed by atoms with E-state index in [2.05, 4.69) is 0 Å². The van der Waals surface area contributed by atoms with Crippen LogP contribution in [0, 0.1) is 0 Å². The van der Waals surface area contributed by atoms with E-state index in [-0.39, 0.29) is 19.0 Å². The van der Waals surface area contributed by atoms with Crippen LogP contribution in [0.2, 0.25) is 5.02 Å². The summed E-state index contributed by atoms with van der Waals surface area (Å²) in [5.74, 6) is -0.417. The monoisotopic (exact) mass is 486 g/mol. The van der Waals surface area contributed by atoms with Crippen LogP contribution < -0.4 is 4.74 Å². The van der Waals surface area contributed by atoms with Gasteiger partial charge in [0.15, 0.2) is 0 Å². The van der Waals surface area contributed by atoms with Gasteiger partial charge >= 0.3 is 6.09 Å². The Bertz CT molecular complexity index is 1000. The van der Waals surface area contributed by atoms with Crippen molar-refractivity contribution < 1.29 is 24.5 Å². The molecule has 2 fully saturated rings. The first-order valence-electron chi connectivity index (χ1n) is 11.8. The maximum Gasteiger partial charge on any atom is 0.407 e. The van der Waals surface area contributed by atoms with Crippen LogP contribution in [0.25, 0.3) is 0 Å². The minimum absolute atomic E-state index is 0.177. The van der Waals surface area contributed by atoms with Gasteiger partial charge in [-0.05, 0) is 36.1 Å². The summed E-state index contributed by atoms with van der Waals surface area (Å²) in [6.07, 6.45) is 2.86. The minimum atomic E-state index is -1.16. The maximum atomic E-state index is 13.7. The van der Waals surface area contributed by atoms with E-state index in [1.54, 1.807) is 17.0 Å². The average Bonchev–Trinajstić information content (AvgIpc) is 2.84. The van der Waals surface area contributed by atoms with E-state index in [1.807, 2.05) is 36.4 Å². The van der Waals surface area contributed by atoms with Gasteiger partial charge in [0.1, 0.15) is 12.4 Å². The Hall–Kier alpha value is -2.77. The van der Waals surface area contributed by atoms with Gasteiger partial charge in [-0.25, -0.2) is 4.79 Å². The lowest BCUT2D eigenvalue weighted by atomic mass is 9.72. The Kier molecular flexibility index (Phi) is 7.63. The van der Waals surface area contributed by atoms with Gasteiger partial charge in [-0.15, -0.1) is 0 Å². The molecule has 0 aromatic heterocycles. The molecule has 0 unspecified atom stereocenters. The molecule has 2 aliphatic rings. The highest BCUT2D eigenvalue weighted by Gasteiger charge is 2.45. The molecule has 1 atom stereocenters. The predicted octanol–water partition coefficient (Wildman–Crippen LogP) is 4.52. The molecule has 1 saturated heterocycles. The van der Waals surface area contributed by atoms with Crippen LogP contribution in [0.3, 0.4) is 0 Å². The van der Waals surface area contributed by atoms with Crippen molar-refractivity contribution in [3.63, 3.8) is 0 Å². The SMILES string of the molecule is O=C(O)N1CCN(C(=O)[C@@H](c2ccc(OCc3ccccc3)c(Cl)c2)C2(O)CCCCC2)CC1. The number of ether oxygens (including phenoxy) is 1.